The van der Waals surface area contributed by atoms with Gasteiger partial charge in [0.1, 0.15) is 0 Å². The number of nitrogens with zero attached hydrogens (tertiary/aromatic N) is 1. The fourth-order valence-corrected chi connectivity index (χ4v) is 2.76. The minimum Gasteiger partial charge on any atom is -0.385 e. The quantitative estimate of drug-likeness (QED) is 0.743. The van der Waals surface area contributed by atoms with E-state index in [9.17, 15) is 0 Å². The molecule has 2 fully saturated rings. The normalized spacial score (nSPS) is 31.0. The second-order valence-corrected chi connectivity index (χ2v) is 6.50. The highest BCUT2D eigenvalue weighted by Crippen LogP contribution is 2.45. The van der Waals surface area contributed by atoms with Crippen molar-refractivity contribution in [2.45, 2.75) is 45.6 Å². The maximum Gasteiger partial charge on any atom is 0.0373 e. The van der Waals surface area contributed by atoms with Crippen LogP contribution in [0.25, 0.3) is 0 Å². The first-order valence-electron chi connectivity index (χ1n) is 6.60. The van der Waals surface area contributed by atoms with Crippen LogP contribution in [0.5, 0.6) is 0 Å². The zero-order valence-corrected chi connectivity index (χ0v) is 11.1. The first-order chi connectivity index (χ1) is 7.47. The van der Waals surface area contributed by atoms with Crippen molar-refractivity contribution in [2.75, 3.05) is 20.1 Å². The van der Waals surface area contributed by atoms with Gasteiger partial charge < -0.3 is 10.2 Å². The smallest absolute Gasteiger partial charge is 0.0373 e. The van der Waals surface area contributed by atoms with Gasteiger partial charge in [-0.1, -0.05) is 20.4 Å². The van der Waals surface area contributed by atoms with Crippen LogP contribution in [0.2, 0.25) is 0 Å². The van der Waals surface area contributed by atoms with Crippen molar-refractivity contribution in [3.8, 4) is 0 Å². The molecular formula is C14H26N2. The Morgan fingerprint density at radius 3 is 2.56 bits per heavy atom. The maximum atomic E-state index is 4.14. The fraction of sp³-hybridized carbons (Fsp3) is 0.857. The zero-order chi connectivity index (χ0) is 11.8. The molecule has 2 saturated carbocycles. The van der Waals surface area contributed by atoms with Crippen molar-refractivity contribution >= 4 is 0 Å². The fourth-order valence-electron chi connectivity index (χ4n) is 2.76. The third-order valence-corrected chi connectivity index (χ3v) is 4.00. The number of nitrogens with one attached hydrogen (secondary N) is 1. The van der Waals surface area contributed by atoms with Crippen LogP contribution in [0.3, 0.4) is 0 Å². The molecular weight excluding hydrogens is 196 g/mol. The van der Waals surface area contributed by atoms with Gasteiger partial charge in [0.15, 0.2) is 0 Å². The van der Waals surface area contributed by atoms with Gasteiger partial charge in [0, 0.05) is 24.8 Å². The van der Waals surface area contributed by atoms with Crippen LogP contribution in [0.4, 0.5) is 0 Å². The molecule has 16 heavy (non-hydrogen) atoms. The van der Waals surface area contributed by atoms with Crippen molar-refractivity contribution in [1.29, 1.82) is 0 Å². The van der Waals surface area contributed by atoms with E-state index < -0.39 is 0 Å². The van der Waals surface area contributed by atoms with E-state index in [1.165, 1.54) is 37.9 Å². The lowest BCUT2D eigenvalue weighted by Gasteiger charge is -2.35. The molecule has 0 spiro atoms. The minimum absolute atomic E-state index is 0.611. The van der Waals surface area contributed by atoms with E-state index in [0.717, 1.165) is 12.5 Å². The Morgan fingerprint density at radius 2 is 2.06 bits per heavy atom. The van der Waals surface area contributed by atoms with Crippen molar-refractivity contribution < 1.29 is 0 Å². The molecule has 2 aliphatic carbocycles. The lowest BCUT2D eigenvalue weighted by molar-refractivity contribution is 0.241. The molecule has 0 amide bonds. The highest BCUT2D eigenvalue weighted by molar-refractivity contribution is 5.01. The van der Waals surface area contributed by atoms with Crippen LogP contribution >= 0.6 is 0 Å². The van der Waals surface area contributed by atoms with Gasteiger partial charge >= 0.3 is 0 Å². The molecule has 0 unspecified atom stereocenters. The average molecular weight is 222 g/mol. The van der Waals surface area contributed by atoms with Crippen molar-refractivity contribution in [2.24, 2.45) is 11.3 Å². The average Bonchev–Trinajstić information content (AvgIpc) is 2.79. The summed E-state index contributed by atoms with van der Waals surface area (Å²) in [6, 6.07) is 0.701. The van der Waals surface area contributed by atoms with Gasteiger partial charge in [-0.3, -0.25) is 0 Å². The highest BCUT2D eigenvalue weighted by Gasteiger charge is 2.38. The summed E-state index contributed by atoms with van der Waals surface area (Å²) >= 11 is 0. The van der Waals surface area contributed by atoms with Gasteiger partial charge in [0.25, 0.3) is 0 Å². The van der Waals surface area contributed by atoms with E-state index in [4.69, 9.17) is 0 Å². The number of likely N-dealkylation sites (N-methyl/N-ethyl adjacent to an activating group) is 1. The molecule has 0 aromatic heterocycles. The number of rotatable bonds is 6. The Morgan fingerprint density at radius 1 is 1.44 bits per heavy atom. The van der Waals surface area contributed by atoms with E-state index in [0.29, 0.717) is 11.5 Å². The summed E-state index contributed by atoms with van der Waals surface area (Å²) in [5, 5.41) is 3.55. The van der Waals surface area contributed by atoms with E-state index in [1.807, 2.05) is 0 Å². The molecule has 2 aliphatic rings. The van der Waals surface area contributed by atoms with Gasteiger partial charge in [0.2, 0.25) is 0 Å². The van der Waals surface area contributed by atoms with Crippen molar-refractivity contribution in [3.63, 3.8) is 0 Å². The molecule has 2 heteroatoms. The first-order valence-corrected chi connectivity index (χ1v) is 6.60. The SMILES string of the molecule is C=C(CN(C)CC1(C)CC1)NC1CC(C)C1. The Kier molecular flexibility index (Phi) is 3.29. The molecule has 0 aromatic rings. The van der Waals surface area contributed by atoms with Gasteiger partial charge in [-0.05, 0) is 44.1 Å². The summed E-state index contributed by atoms with van der Waals surface area (Å²) in [4.78, 5) is 2.41. The molecule has 0 saturated heterocycles. The Hall–Kier alpha value is -0.500. The van der Waals surface area contributed by atoms with Crippen LogP contribution < -0.4 is 5.32 Å². The summed E-state index contributed by atoms with van der Waals surface area (Å²) in [6.45, 7) is 11.1. The number of hydrogen-bond donors (Lipinski definition) is 1. The van der Waals surface area contributed by atoms with Gasteiger partial charge in [-0.25, -0.2) is 0 Å². The van der Waals surface area contributed by atoms with E-state index in [-0.39, 0.29) is 0 Å². The molecule has 0 aromatic carbocycles. The third kappa shape index (κ3) is 3.24. The first kappa shape index (κ1) is 12.0. The van der Waals surface area contributed by atoms with Crippen molar-refractivity contribution in [1.82, 2.24) is 10.2 Å². The molecule has 0 heterocycles. The standard InChI is InChI=1S/C14H26N2/c1-11-7-13(8-11)15-12(2)9-16(4)10-14(3)5-6-14/h11,13,15H,2,5-10H2,1,3-4H3. The van der Waals surface area contributed by atoms with Crippen molar-refractivity contribution in [3.05, 3.63) is 12.3 Å². The van der Waals surface area contributed by atoms with E-state index in [1.54, 1.807) is 0 Å². The van der Waals surface area contributed by atoms with Crippen LogP contribution in [-0.4, -0.2) is 31.1 Å². The second-order valence-electron chi connectivity index (χ2n) is 6.50. The molecule has 0 bridgehead atoms. The lowest BCUT2D eigenvalue weighted by Crippen LogP contribution is -2.42. The van der Waals surface area contributed by atoms with Crippen LogP contribution in [0.1, 0.15) is 39.5 Å². The summed E-state index contributed by atoms with van der Waals surface area (Å²) in [5.41, 5.74) is 1.81. The molecule has 0 aliphatic heterocycles. The molecule has 0 radical (unpaired) electrons. The zero-order valence-electron chi connectivity index (χ0n) is 11.1. The highest BCUT2D eigenvalue weighted by atomic mass is 15.1. The molecule has 1 N–H and O–H groups in total. The largest absolute Gasteiger partial charge is 0.385 e. The summed E-state index contributed by atoms with van der Waals surface area (Å²) in [6.07, 6.45) is 5.44. The third-order valence-electron chi connectivity index (χ3n) is 4.00. The Bertz CT molecular complexity index is 262. The van der Waals surface area contributed by atoms with E-state index >= 15 is 0 Å². The van der Waals surface area contributed by atoms with E-state index in [2.05, 4.69) is 37.7 Å². The second kappa shape index (κ2) is 4.40. The predicted molar refractivity (Wildman–Crippen MR) is 69.3 cm³/mol. The molecule has 2 nitrogen and oxygen atoms in total. The topological polar surface area (TPSA) is 15.3 Å². The number of hydrogen-bond acceptors (Lipinski definition) is 2. The van der Waals surface area contributed by atoms with Crippen LogP contribution in [-0.2, 0) is 0 Å². The molecule has 2 rings (SSSR count). The lowest BCUT2D eigenvalue weighted by atomic mass is 9.82. The molecule has 92 valence electrons. The molecule has 0 atom stereocenters. The Balaban J connectivity index is 1.62. The summed E-state index contributed by atoms with van der Waals surface area (Å²) in [5.74, 6) is 0.911. The van der Waals surface area contributed by atoms with Gasteiger partial charge in [-0.2, -0.15) is 0 Å². The predicted octanol–water partition coefficient (Wildman–Crippen LogP) is 2.62. The summed E-state index contributed by atoms with van der Waals surface area (Å²) in [7, 11) is 2.21. The Labute approximate surface area is 100 Å². The minimum atomic E-state index is 0.611. The summed E-state index contributed by atoms with van der Waals surface area (Å²) < 4.78 is 0. The van der Waals surface area contributed by atoms with Crippen LogP contribution in [0.15, 0.2) is 12.3 Å². The van der Waals surface area contributed by atoms with Gasteiger partial charge in [-0.15, -0.1) is 0 Å². The van der Waals surface area contributed by atoms with Gasteiger partial charge in [0.05, 0.1) is 0 Å². The van der Waals surface area contributed by atoms with Crippen LogP contribution in [0, 0.1) is 11.3 Å². The maximum absolute atomic E-state index is 4.14. The monoisotopic (exact) mass is 222 g/mol.